The molecule has 0 bridgehead atoms. The van der Waals surface area contributed by atoms with E-state index in [0.717, 1.165) is 36.8 Å². The highest BCUT2D eigenvalue weighted by atomic mass is 16.5. The van der Waals surface area contributed by atoms with Crippen LogP contribution in [-0.2, 0) is 20.9 Å². The van der Waals surface area contributed by atoms with Crippen LogP contribution in [0.15, 0.2) is 24.3 Å². The van der Waals surface area contributed by atoms with Gasteiger partial charge in [0.25, 0.3) is 0 Å². The van der Waals surface area contributed by atoms with Crippen LogP contribution in [0.2, 0.25) is 0 Å². The van der Waals surface area contributed by atoms with Crippen LogP contribution in [0.25, 0.3) is 0 Å². The highest BCUT2D eigenvalue weighted by Crippen LogP contribution is 2.39. The van der Waals surface area contributed by atoms with E-state index in [0.29, 0.717) is 6.54 Å². The standard InChI is InChI=1S/C18H25NO3/c1-14-8-4-5-9-15(14)12-19(13-16(20)22-3)17(21)18(2)10-6-7-11-18/h4-5,8-9H,6-7,10-13H2,1-3H3. The van der Waals surface area contributed by atoms with Crippen molar-refractivity contribution >= 4 is 11.9 Å². The Bertz CT molecular complexity index is 547. The van der Waals surface area contributed by atoms with Crippen LogP contribution in [0.3, 0.4) is 0 Å². The number of hydrogen-bond acceptors (Lipinski definition) is 3. The first-order valence-corrected chi connectivity index (χ1v) is 7.87. The third kappa shape index (κ3) is 3.67. The fourth-order valence-corrected chi connectivity index (χ4v) is 3.16. The zero-order valence-electron chi connectivity index (χ0n) is 13.7. The van der Waals surface area contributed by atoms with Gasteiger partial charge in [-0.2, -0.15) is 0 Å². The third-order valence-corrected chi connectivity index (χ3v) is 4.68. The molecular weight excluding hydrogens is 278 g/mol. The first-order chi connectivity index (χ1) is 10.5. The fraction of sp³-hybridized carbons (Fsp3) is 0.556. The molecule has 1 aromatic carbocycles. The minimum Gasteiger partial charge on any atom is -0.468 e. The lowest BCUT2D eigenvalue weighted by Gasteiger charge is -2.31. The summed E-state index contributed by atoms with van der Waals surface area (Å²) in [7, 11) is 1.36. The van der Waals surface area contributed by atoms with Crippen LogP contribution in [0.1, 0.15) is 43.7 Å². The number of nitrogens with zero attached hydrogens (tertiary/aromatic N) is 1. The van der Waals surface area contributed by atoms with Gasteiger partial charge in [-0.25, -0.2) is 0 Å². The molecule has 22 heavy (non-hydrogen) atoms. The van der Waals surface area contributed by atoms with Crippen molar-refractivity contribution < 1.29 is 14.3 Å². The average molecular weight is 303 g/mol. The molecule has 1 fully saturated rings. The minimum atomic E-state index is -0.372. The zero-order chi connectivity index (χ0) is 16.2. The van der Waals surface area contributed by atoms with Crippen molar-refractivity contribution in [1.82, 2.24) is 4.90 Å². The van der Waals surface area contributed by atoms with Gasteiger partial charge in [-0.05, 0) is 30.9 Å². The molecule has 2 rings (SSSR count). The molecule has 1 amide bonds. The number of methoxy groups -OCH3 is 1. The largest absolute Gasteiger partial charge is 0.468 e. The summed E-state index contributed by atoms with van der Waals surface area (Å²) in [6, 6.07) is 7.96. The second kappa shape index (κ2) is 6.95. The number of esters is 1. The van der Waals surface area contributed by atoms with E-state index in [4.69, 9.17) is 4.74 Å². The van der Waals surface area contributed by atoms with Crippen LogP contribution in [0, 0.1) is 12.3 Å². The molecule has 0 atom stereocenters. The smallest absolute Gasteiger partial charge is 0.325 e. The monoisotopic (exact) mass is 303 g/mol. The molecule has 0 aliphatic heterocycles. The summed E-state index contributed by atoms with van der Waals surface area (Å²) in [5, 5.41) is 0. The van der Waals surface area contributed by atoms with Gasteiger partial charge in [0.15, 0.2) is 0 Å². The Morgan fingerprint density at radius 3 is 2.45 bits per heavy atom. The summed E-state index contributed by atoms with van der Waals surface area (Å²) in [6.45, 7) is 4.51. The molecular formula is C18H25NO3. The Balaban J connectivity index is 2.20. The van der Waals surface area contributed by atoms with E-state index in [9.17, 15) is 9.59 Å². The molecule has 0 radical (unpaired) electrons. The number of rotatable bonds is 5. The Morgan fingerprint density at radius 2 is 1.86 bits per heavy atom. The van der Waals surface area contributed by atoms with E-state index in [2.05, 4.69) is 0 Å². The highest BCUT2D eigenvalue weighted by Gasteiger charge is 2.39. The van der Waals surface area contributed by atoms with Crippen molar-refractivity contribution in [3.8, 4) is 0 Å². The van der Waals surface area contributed by atoms with Crippen molar-refractivity contribution in [2.45, 2.75) is 46.1 Å². The molecule has 0 N–H and O–H groups in total. The Morgan fingerprint density at radius 1 is 1.23 bits per heavy atom. The summed E-state index contributed by atoms with van der Waals surface area (Å²) < 4.78 is 4.76. The van der Waals surface area contributed by atoms with Gasteiger partial charge in [0, 0.05) is 12.0 Å². The average Bonchev–Trinajstić information content (AvgIpc) is 2.95. The normalized spacial score (nSPS) is 16.3. The van der Waals surface area contributed by atoms with Crippen LogP contribution >= 0.6 is 0 Å². The van der Waals surface area contributed by atoms with Gasteiger partial charge in [-0.3, -0.25) is 9.59 Å². The third-order valence-electron chi connectivity index (χ3n) is 4.68. The number of hydrogen-bond donors (Lipinski definition) is 0. The fourth-order valence-electron chi connectivity index (χ4n) is 3.16. The summed E-state index contributed by atoms with van der Waals surface area (Å²) in [5.74, 6) is -0.304. The van der Waals surface area contributed by atoms with Crippen molar-refractivity contribution in [1.29, 1.82) is 0 Å². The molecule has 0 unspecified atom stereocenters. The SMILES string of the molecule is COC(=O)CN(Cc1ccccc1C)C(=O)C1(C)CCCC1. The summed E-state index contributed by atoms with van der Waals surface area (Å²) in [6.07, 6.45) is 3.96. The van der Waals surface area contributed by atoms with Gasteiger partial charge < -0.3 is 9.64 Å². The number of aryl methyl sites for hydroxylation is 1. The maximum Gasteiger partial charge on any atom is 0.325 e. The molecule has 0 saturated heterocycles. The molecule has 4 nitrogen and oxygen atoms in total. The second-order valence-corrected chi connectivity index (χ2v) is 6.43. The van der Waals surface area contributed by atoms with Crippen LogP contribution < -0.4 is 0 Å². The Labute approximate surface area is 132 Å². The molecule has 1 aromatic rings. The number of carbonyl (C=O) groups is 2. The molecule has 120 valence electrons. The molecule has 1 saturated carbocycles. The van der Waals surface area contributed by atoms with Gasteiger partial charge in [-0.15, -0.1) is 0 Å². The molecule has 0 heterocycles. The molecule has 1 aliphatic carbocycles. The maximum absolute atomic E-state index is 13.0. The number of amides is 1. The molecule has 0 spiro atoms. The van der Waals surface area contributed by atoms with E-state index in [-0.39, 0.29) is 23.8 Å². The number of benzene rings is 1. The predicted octanol–water partition coefficient (Wildman–Crippen LogP) is 3.08. The Hall–Kier alpha value is -1.84. The van der Waals surface area contributed by atoms with E-state index in [1.165, 1.54) is 7.11 Å². The highest BCUT2D eigenvalue weighted by molar-refractivity contribution is 5.86. The van der Waals surface area contributed by atoms with Gasteiger partial charge in [0.05, 0.1) is 7.11 Å². The van der Waals surface area contributed by atoms with Crippen molar-refractivity contribution in [3.63, 3.8) is 0 Å². The first kappa shape index (κ1) is 16.5. The molecule has 4 heteroatoms. The van der Waals surface area contributed by atoms with Crippen molar-refractivity contribution in [2.75, 3.05) is 13.7 Å². The summed E-state index contributed by atoms with van der Waals surface area (Å²) >= 11 is 0. The van der Waals surface area contributed by atoms with Crippen molar-refractivity contribution in [2.24, 2.45) is 5.41 Å². The predicted molar refractivity (Wildman–Crippen MR) is 85.2 cm³/mol. The van der Waals surface area contributed by atoms with Gasteiger partial charge in [-0.1, -0.05) is 44.0 Å². The zero-order valence-corrected chi connectivity index (χ0v) is 13.7. The van der Waals surface area contributed by atoms with Gasteiger partial charge in [0.2, 0.25) is 5.91 Å². The lowest BCUT2D eigenvalue weighted by atomic mass is 9.87. The number of ether oxygens (including phenoxy) is 1. The van der Waals surface area contributed by atoms with Crippen LogP contribution in [0.5, 0.6) is 0 Å². The summed E-state index contributed by atoms with van der Waals surface area (Å²) in [4.78, 5) is 26.3. The second-order valence-electron chi connectivity index (χ2n) is 6.43. The van der Waals surface area contributed by atoms with Crippen LogP contribution in [-0.4, -0.2) is 30.4 Å². The lowest BCUT2D eigenvalue weighted by Crippen LogP contribution is -2.43. The number of carbonyl (C=O) groups excluding carboxylic acids is 2. The quantitative estimate of drug-likeness (QED) is 0.785. The van der Waals surface area contributed by atoms with E-state index in [1.807, 2.05) is 38.1 Å². The molecule has 0 aromatic heterocycles. The maximum atomic E-state index is 13.0. The minimum absolute atomic E-state index is 0.0132. The topological polar surface area (TPSA) is 46.6 Å². The van der Waals surface area contributed by atoms with Crippen LogP contribution in [0.4, 0.5) is 0 Å². The van der Waals surface area contributed by atoms with Crippen molar-refractivity contribution in [3.05, 3.63) is 35.4 Å². The van der Waals surface area contributed by atoms with E-state index in [1.54, 1.807) is 4.90 Å². The van der Waals surface area contributed by atoms with Gasteiger partial charge in [0.1, 0.15) is 6.54 Å². The Kier molecular flexibility index (Phi) is 5.22. The summed E-state index contributed by atoms with van der Waals surface area (Å²) in [5.41, 5.74) is 1.86. The molecule has 1 aliphatic rings. The first-order valence-electron chi connectivity index (χ1n) is 7.87. The van der Waals surface area contributed by atoms with E-state index < -0.39 is 0 Å². The van der Waals surface area contributed by atoms with Gasteiger partial charge >= 0.3 is 5.97 Å². The van der Waals surface area contributed by atoms with E-state index >= 15 is 0 Å². The lowest BCUT2D eigenvalue weighted by molar-refractivity contribution is -0.151.